The van der Waals surface area contributed by atoms with Crippen molar-refractivity contribution in [3.05, 3.63) is 59.4 Å². The van der Waals surface area contributed by atoms with E-state index in [-0.39, 0.29) is 17.2 Å². The van der Waals surface area contributed by atoms with Crippen LogP contribution in [0.15, 0.2) is 58.9 Å². The molecule has 0 aliphatic rings. The molecule has 158 valence electrons. The quantitative estimate of drug-likeness (QED) is 0.521. The fourth-order valence-electron chi connectivity index (χ4n) is 2.98. The maximum absolute atomic E-state index is 12.7. The summed E-state index contributed by atoms with van der Waals surface area (Å²) in [5, 5.41) is 0. The molecule has 1 heterocycles. The summed E-state index contributed by atoms with van der Waals surface area (Å²) in [4.78, 5) is 17.7. The molecule has 1 amide bonds. The average molecular weight is 447 g/mol. The fourth-order valence-corrected chi connectivity index (χ4v) is 4.80. The largest absolute Gasteiger partial charge is 0.497 e. The zero-order valence-corrected chi connectivity index (χ0v) is 18.5. The average Bonchev–Trinajstić information content (AvgIpc) is 3.04. The van der Waals surface area contributed by atoms with Gasteiger partial charge in [-0.05, 0) is 24.3 Å². The normalized spacial score (nSPS) is 12.2. The van der Waals surface area contributed by atoms with Gasteiger partial charge >= 0.3 is 0 Å². The Bertz CT molecular complexity index is 1290. The number of allylic oxidation sites excluding steroid dienone is 1. The minimum absolute atomic E-state index is 0.0596. The van der Waals surface area contributed by atoms with Crippen molar-refractivity contribution in [3.63, 3.8) is 0 Å². The summed E-state index contributed by atoms with van der Waals surface area (Å²) in [6.07, 6.45) is 2.92. The molecule has 0 atom stereocenters. The Hall–Kier alpha value is -2.91. The van der Waals surface area contributed by atoms with Gasteiger partial charge < -0.3 is 14.0 Å². The number of rotatable bonds is 7. The van der Waals surface area contributed by atoms with Gasteiger partial charge in [-0.2, -0.15) is 4.99 Å². The molecule has 0 saturated carbocycles. The van der Waals surface area contributed by atoms with Crippen molar-refractivity contribution in [2.24, 2.45) is 4.99 Å². The van der Waals surface area contributed by atoms with Crippen molar-refractivity contribution in [3.8, 4) is 11.5 Å². The van der Waals surface area contributed by atoms with E-state index in [2.05, 4.69) is 11.6 Å². The first-order valence-electron chi connectivity index (χ1n) is 8.99. The number of thiazole rings is 1. The lowest BCUT2D eigenvalue weighted by Gasteiger charge is -2.08. The van der Waals surface area contributed by atoms with Crippen LogP contribution >= 0.6 is 11.3 Å². The van der Waals surface area contributed by atoms with Crippen LogP contribution in [0.4, 0.5) is 0 Å². The molecular weight excluding hydrogens is 424 g/mol. The van der Waals surface area contributed by atoms with Crippen molar-refractivity contribution >= 4 is 37.3 Å². The number of methoxy groups -OCH3 is 2. The number of carbonyl (C=O) groups excluding carboxylic acids is 1. The number of ether oxygens (including phenoxy) is 2. The van der Waals surface area contributed by atoms with Crippen LogP contribution in [0.2, 0.25) is 0 Å². The molecule has 3 rings (SSSR count). The second-order valence-electron chi connectivity index (χ2n) is 6.55. The minimum atomic E-state index is -3.33. The highest BCUT2D eigenvalue weighted by molar-refractivity contribution is 7.90. The number of nitrogens with zero attached hydrogens (tertiary/aromatic N) is 2. The van der Waals surface area contributed by atoms with Crippen LogP contribution in [-0.4, -0.2) is 39.4 Å². The van der Waals surface area contributed by atoms with Crippen LogP contribution in [0.5, 0.6) is 11.5 Å². The summed E-state index contributed by atoms with van der Waals surface area (Å²) < 4.78 is 36.8. The topological polar surface area (TPSA) is 87.0 Å². The highest BCUT2D eigenvalue weighted by atomic mass is 32.2. The van der Waals surface area contributed by atoms with Gasteiger partial charge in [-0.25, -0.2) is 8.42 Å². The highest BCUT2D eigenvalue weighted by Crippen LogP contribution is 2.25. The molecule has 0 N–H and O–H groups in total. The lowest BCUT2D eigenvalue weighted by Crippen LogP contribution is -2.17. The lowest BCUT2D eigenvalue weighted by atomic mass is 10.1. The molecule has 1 aromatic heterocycles. The van der Waals surface area contributed by atoms with Gasteiger partial charge in [0, 0.05) is 24.4 Å². The minimum Gasteiger partial charge on any atom is -0.497 e. The van der Waals surface area contributed by atoms with E-state index >= 15 is 0 Å². The lowest BCUT2D eigenvalue weighted by molar-refractivity contribution is -0.117. The van der Waals surface area contributed by atoms with Crippen LogP contribution in [0.1, 0.15) is 5.56 Å². The Labute approximate surface area is 178 Å². The maximum Gasteiger partial charge on any atom is 0.252 e. The highest BCUT2D eigenvalue weighted by Gasteiger charge is 2.14. The van der Waals surface area contributed by atoms with E-state index in [1.54, 1.807) is 49.6 Å². The molecule has 0 bridgehead atoms. The first kappa shape index (κ1) is 21.8. The van der Waals surface area contributed by atoms with Gasteiger partial charge in [0.05, 0.1) is 35.8 Å². The van der Waals surface area contributed by atoms with Gasteiger partial charge in [0.15, 0.2) is 14.6 Å². The van der Waals surface area contributed by atoms with E-state index in [1.165, 1.54) is 18.4 Å². The summed E-state index contributed by atoms with van der Waals surface area (Å²) in [5.41, 5.74) is 1.49. The molecule has 0 fully saturated rings. The van der Waals surface area contributed by atoms with Crippen LogP contribution < -0.4 is 14.3 Å². The van der Waals surface area contributed by atoms with Crippen molar-refractivity contribution in [1.82, 2.24) is 4.57 Å². The SMILES string of the molecule is C=CCn1c(=NC(=O)Cc2ccc(OC)cc2OC)sc2cc(S(C)(=O)=O)ccc21. The van der Waals surface area contributed by atoms with Gasteiger partial charge in [-0.15, -0.1) is 6.58 Å². The molecule has 0 aliphatic carbocycles. The standard InChI is InChI=1S/C21H22N2O5S2/c1-5-10-23-17-9-8-16(30(4,25)26)13-19(17)29-21(23)22-20(24)11-14-6-7-15(27-2)12-18(14)28-3/h5-9,12-13H,1,10-11H2,2-4H3. The van der Waals surface area contributed by atoms with E-state index in [9.17, 15) is 13.2 Å². The number of carbonyl (C=O) groups is 1. The molecule has 0 radical (unpaired) electrons. The van der Waals surface area contributed by atoms with Gasteiger partial charge in [0.1, 0.15) is 11.5 Å². The molecule has 3 aromatic rings. The van der Waals surface area contributed by atoms with Crippen LogP contribution in [0.25, 0.3) is 10.2 Å². The van der Waals surface area contributed by atoms with Gasteiger partial charge in [0.2, 0.25) is 0 Å². The summed E-state index contributed by atoms with van der Waals surface area (Å²) in [6.45, 7) is 4.20. The third-order valence-corrected chi connectivity index (χ3v) is 6.60. The maximum atomic E-state index is 12.7. The molecule has 9 heteroatoms. The van der Waals surface area contributed by atoms with Crippen molar-refractivity contribution in [2.75, 3.05) is 20.5 Å². The number of fused-ring (bicyclic) bond motifs is 1. The number of amides is 1. The third-order valence-electron chi connectivity index (χ3n) is 4.45. The van der Waals surface area contributed by atoms with Gasteiger partial charge in [-0.3, -0.25) is 4.79 Å². The van der Waals surface area contributed by atoms with E-state index < -0.39 is 9.84 Å². The second-order valence-corrected chi connectivity index (χ2v) is 9.57. The summed E-state index contributed by atoms with van der Waals surface area (Å²) >= 11 is 1.26. The van der Waals surface area contributed by atoms with Crippen LogP contribution in [-0.2, 0) is 27.6 Å². The van der Waals surface area contributed by atoms with Crippen LogP contribution in [0, 0.1) is 0 Å². The molecule has 30 heavy (non-hydrogen) atoms. The first-order chi connectivity index (χ1) is 14.3. The molecule has 0 spiro atoms. The molecule has 2 aromatic carbocycles. The summed E-state index contributed by atoms with van der Waals surface area (Å²) in [7, 11) is -0.241. The van der Waals surface area contributed by atoms with Crippen LogP contribution in [0.3, 0.4) is 0 Å². The zero-order valence-electron chi connectivity index (χ0n) is 16.9. The number of hydrogen-bond acceptors (Lipinski definition) is 6. The van der Waals surface area contributed by atoms with E-state index in [0.29, 0.717) is 28.4 Å². The number of hydrogen-bond donors (Lipinski definition) is 0. The molecule has 0 unspecified atom stereocenters. The fraction of sp³-hybridized carbons (Fsp3) is 0.238. The smallest absolute Gasteiger partial charge is 0.252 e. The Morgan fingerprint density at radius 3 is 2.60 bits per heavy atom. The van der Waals surface area contributed by atoms with Crippen molar-refractivity contribution in [2.45, 2.75) is 17.9 Å². The number of aromatic nitrogens is 1. The molecule has 7 nitrogen and oxygen atoms in total. The third kappa shape index (κ3) is 4.63. The summed E-state index contributed by atoms with van der Waals surface area (Å²) in [5.74, 6) is 0.840. The first-order valence-corrected chi connectivity index (χ1v) is 11.7. The van der Waals surface area contributed by atoms with Gasteiger partial charge in [0.25, 0.3) is 5.91 Å². The Kier molecular flexibility index (Phi) is 6.42. The predicted octanol–water partition coefficient (Wildman–Crippen LogP) is 2.98. The molecule has 0 saturated heterocycles. The Balaban J connectivity index is 2.03. The Morgan fingerprint density at radius 1 is 1.20 bits per heavy atom. The van der Waals surface area contributed by atoms with E-state index in [0.717, 1.165) is 16.5 Å². The van der Waals surface area contributed by atoms with E-state index in [4.69, 9.17) is 9.47 Å². The number of sulfone groups is 1. The van der Waals surface area contributed by atoms with Crippen molar-refractivity contribution in [1.29, 1.82) is 0 Å². The second kappa shape index (κ2) is 8.85. The monoisotopic (exact) mass is 446 g/mol. The molecule has 0 aliphatic heterocycles. The summed E-state index contributed by atoms with van der Waals surface area (Å²) in [6, 6.07) is 10.1. The zero-order chi connectivity index (χ0) is 21.9. The van der Waals surface area contributed by atoms with Crippen molar-refractivity contribution < 1.29 is 22.7 Å². The van der Waals surface area contributed by atoms with Gasteiger partial charge in [-0.1, -0.05) is 23.5 Å². The molecular formula is C21H22N2O5S2. The van der Waals surface area contributed by atoms with E-state index in [1.807, 2.05) is 4.57 Å². The Morgan fingerprint density at radius 2 is 1.97 bits per heavy atom. The predicted molar refractivity (Wildman–Crippen MR) is 117 cm³/mol. The number of benzene rings is 2.